The van der Waals surface area contributed by atoms with Crippen molar-refractivity contribution in [3.63, 3.8) is 0 Å². The van der Waals surface area contributed by atoms with Crippen molar-refractivity contribution >= 4 is 11.8 Å². The van der Waals surface area contributed by atoms with Crippen molar-refractivity contribution in [2.24, 2.45) is 5.92 Å². The summed E-state index contributed by atoms with van der Waals surface area (Å²) in [5.41, 5.74) is 0.0347. The number of amides is 2. The molecule has 0 atom stereocenters. The number of carbonyl (C=O) groups is 2. The Morgan fingerprint density at radius 2 is 2.00 bits per heavy atom. The van der Waals surface area contributed by atoms with E-state index in [1.54, 1.807) is 0 Å². The lowest BCUT2D eigenvalue weighted by molar-refractivity contribution is -0.120. The first-order valence-corrected chi connectivity index (χ1v) is 5.72. The number of pyridine rings is 1. The maximum absolute atomic E-state index is 11.6. The Bertz CT molecular complexity index is 459. The van der Waals surface area contributed by atoms with Gasteiger partial charge >= 0.3 is 0 Å². The SMILES string of the molecule is CC(C)CNC(=O)CNC(=O)c1ccc(=O)[nH]c1. The third-order valence-electron chi connectivity index (χ3n) is 2.16. The van der Waals surface area contributed by atoms with E-state index in [2.05, 4.69) is 15.6 Å². The summed E-state index contributed by atoms with van der Waals surface area (Å²) >= 11 is 0. The van der Waals surface area contributed by atoms with Gasteiger partial charge in [-0.15, -0.1) is 0 Å². The van der Waals surface area contributed by atoms with E-state index >= 15 is 0 Å². The number of rotatable bonds is 5. The Kier molecular flexibility index (Phi) is 5.10. The van der Waals surface area contributed by atoms with Crippen LogP contribution in [0, 0.1) is 5.92 Å². The van der Waals surface area contributed by atoms with Crippen molar-refractivity contribution in [2.45, 2.75) is 13.8 Å². The first-order valence-electron chi connectivity index (χ1n) is 5.72. The van der Waals surface area contributed by atoms with Crippen molar-refractivity contribution in [3.05, 3.63) is 34.2 Å². The van der Waals surface area contributed by atoms with Crippen molar-refractivity contribution in [2.75, 3.05) is 13.1 Å². The molecule has 0 radical (unpaired) electrons. The molecule has 0 fully saturated rings. The lowest BCUT2D eigenvalue weighted by atomic mass is 10.2. The Hall–Kier alpha value is -2.11. The second kappa shape index (κ2) is 6.58. The highest BCUT2D eigenvalue weighted by atomic mass is 16.2. The summed E-state index contributed by atoms with van der Waals surface area (Å²) in [5.74, 6) is -0.267. The number of aromatic nitrogens is 1. The van der Waals surface area contributed by atoms with E-state index < -0.39 is 5.91 Å². The van der Waals surface area contributed by atoms with Gasteiger partial charge in [0, 0.05) is 18.8 Å². The molecule has 0 spiro atoms. The average Bonchev–Trinajstić information content (AvgIpc) is 2.34. The molecule has 0 bridgehead atoms. The fourth-order valence-electron chi connectivity index (χ4n) is 1.19. The Balaban J connectivity index is 2.39. The van der Waals surface area contributed by atoms with Crippen molar-refractivity contribution < 1.29 is 9.59 Å². The Labute approximate surface area is 105 Å². The number of carbonyl (C=O) groups excluding carboxylic acids is 2. The lowest BCUT2D eigenvalue weighted by Crippen LogP contribution is -2.38. The molecule has 0 saturated heterocycles. The van der Waals surface area contributed by atoms with Gasteiger partial charge in [0.05, 0.1) is 12.1 Å². The van der Waals surface area contributed by atoms with Crippen LogP contribution in [-0.4, -0.2) is 29.9 Å². The third-order valence-corrected chi connectivity index (χ3v) is 2.16. The number of hydrogen-bond acceptors (Lipinski definition) is 3. The highest BCUT2D eigenvalue weighted by Crippen LogP contribution is 1.92. The standard InChI is InChI=1S/C12H17N3O3/c1-8(2)5-13-11(17)7-15-12(18)9-3-4-10(16)14-6-9/h3-4,6,8H,5,7H2,1-2H3,(H,13,17)(H,14,16)(H,15,18). The molecular formula is C12H17N3O3. The molecule has 98 valence electrons. The van der Waals surface area contributed by atoms with Crippen LogP contribution in [0.1, 0.15) is 24.2 Å². The third kappa shape index (κ3) is 4.82. The number of nitrogens with one attached hydrogen (secondary N) is 3. The summed E-state index contributed by atoms with van der Waals surface area (Å²) in [6, 6.07) is 2.66. The molecule has 1 rings (SSSR count). The fraction of sp³-hybridized carbons (Fsp3) is 0.417. The van der Waals surface area contributed by atoms with Crippen LogP contribution in [0.15, 0.2) is 23.1 Å². The van der Waals surface area contributed by atoms with Crippen LogP contribution < -0.4 is 16.2 Å². The molecule has 1 heterocycles. The minimum atomic E-state index is -0.397. The van der Waals surface area contributed by atoms with E-state index in [0.29, 0.717) is 18.0 Å². The second-order valence-electron chi connectivity index (χ2n) is 4.32. The van der Waals surface area contributed by atoms with E-state index in [-0.39, 0.29) is 18.0 Å². The smallest absolute Gasteiger partial charge is 0.253 e. The lowest BCUT2D eigenvalue weighted by Gasteiger charge is -2.08. The molecule has 3 N–H and O–H groups in total. The zero-order chi connectivity index (χ0) is 13.5. The van der Waals surface area contributed by atoms with E-state index in [1.807, 2.05) is 13.8 Å². The van der Waals surface area contributed by atoms with Gasteiger partial charge in [0.1, 0.15) is 0 Å². The number of hydrogen-bond donors (Lipinski definition) is 3. The molecule has 0 unspecified atom stereocenters. The summed E-state index contributed by atoms with van der Waals surface area (Å²) in [4.78, 5) is 36.1. The molecule has 0 aliphatic carbocycles. The first kappa shape index (κ1) is 14.0. The zero-order valence-electron chi connectivity index (χ0n) is 10.4. The molecule has 18 heavy (non-hydrogen) atoms. The van der Waals surface area contributed by atoms with E-state index in [1.165, 1.54) is 18.3 Å². The summed E-state index contributed by atoms with van der Waals surface area (Å²) in [6.07, 6.45) is 1.31. The Morgan fingerprint density at radius 3 is 2.56 bits per heavy atom. The van der Waals surface area contributed by atoms with E-state index in [9.17, 15) is 14.4 Å². The molecule has 6 heteroatoms. The highest BCUT2D eigenvalue weighted by molar-refractivity contribution is 5.96. The molecule has 0 saturated carbocycles. The summed E-state index contributed by atoms with van der Waals surface area (Å²) in [7, 11) is 0. The van der Waals surface area contributed by atoms with Gasteiger partial charge in [-0.2, -0.15) is 0 Å². The van der Waals surface area contributed by atoms with Crippen LogP contribution in [0.4, 0.5) is 0 Å². The second-order valence-corrected chi connectivity index (χ2v) is 4.32. The minimum Gasteiger partial charge on any atom is -0.354 e. The first-order chi connectivity index (χ1) is 8.49. The molecule has 0 aromatic carbocycles. The van der Waals surface area contributed by atoms with Gasteiger partial charge in [-0.05, 0) is 12.0 Å². The largest absolute Gasteiger partial charge is 0.354 e. The normalized spacial score (nSPS) is 10.2. The van der Waals surface area contributed by atoms with Gasteiger partial charge in [0.25, 0.3) is 5.91 Å². The Morgan fingerprint density at radius 1 is 1.28 bits per heavy atom. The van der Waals surface area contributed by atoms with Crippen LogP contribution in [0.2, 0.25) is 0 Å². The van der Waals surface area contributed by atoms with Gasteiger partial charge < -0.3 is 15.6 Å². The molecular weight excluding hydrogens is 234 g/mol. The molecule has 2 amide bonds. The summed E-state index contributed by atoms with van der Waals surface area (Å²) in [6.45, 7) is 4.47. The highest BCUT2D eigenvalue weighted by Gasteiger charge is 2.07. The van der Waals surface area contributed by atoms with Crippen LogP contribution >= 0.6 is 0 Å². The average molecular weight is 251 g/mol. The minimum absolute atomic E-state index is 0.0787. The van der Waals surface area contributed by atoms with Gasteiger partial charge in [0.2, 0.25) is 11.5 Å². The van der Waals surface area contributed by atoms with Crippen molar-refractivity contribution in [1.29, 1.82) is 0 Å². The van der Waals surface area contributed by atoms with Crippen LogP contribution in [-0.2, 0) is 4.79 Å². The fourth-order valence-corrected chi connectivity index (χ4v) is 1.19. The zero-order valence-corrected chi connectivity index (χ0v) is 10.4. The van der Waals surface area contributed by atoms with Crippen LogP contribution in [0.25, 0.3) is 0 Å². The number of aromatic amines is 1. The topological polar surface area (TPSA) is 91.1 Å². The summed E-state index contributed by atoms with van der Waals surface area (Å²) < 4.78 is 0. The quantitative estimate of drug-likeness (QED) is 0.681. The predicted octanol–water partition coefficient (Wildman–Crippen LogP) is -0.123. The predicted molar refractivity (Wildman–Crippen MR) is 67.2 cm³/mol. The van der Waals surface area contributed by atoms with E-state index in [0.717, 1.165) is 0 Å². The maximum Gasteiger partial charge on any atom is 0.253 e. The summed E-state index contributed by atoms with van der Waals surface area (Å²) in [5, 5.41) is 5.16. The molecule has 0 aliphatic heterocycles. The number of H-pyrrole nitrogens is 1. The van der Waals surface area contributed by atoms with Gasteiger partial charge in [-0.1, -0.05) is 13.8 Å². The molecule has 6 nitrogen and oxygen atoms in total. The van der Waals surface area contributed by atoms with Crippen LogP contribution in [0.3, 0.4) is 0 Å². The maximum atomic E-state index is 11.6. The van der Waals surface area contributed by atoms with Gasteiger partial charge in [0.15, 0.2) is 0 Å². The van der Waals surface area contributed by atoms with Gasteiger partial charge in [-0.25, -0.2) is 0 Å². The van der Waals surface area contributed by atoms with Crippen molar-refractivity contribution in [1.82, 2.24) is 15.6 Å². The van der Waals surface area contributed by atoms with E-state index in [4.69, 9.17) is 0 Å². The molecule has 1 aromatic rings. The molecule has 1 aromatic heterocycles. The van der Waals surface area contributed by atoms with Gasteiger partial charge in [-0.3, -0.25) is 14.4 Å². The molecule has 0 aliphatic rings. The van der Waals surface area contributed by atoms with Crippen molar-refractivity contribution in [3.8, 4) is 0 Å². The monoisotopic (exact) mass is 251 g/mol. The van der Waals surface area contributed by atoms with Crippen LogP contribution in [0.5, 0.6) is 0 Å².